The molecule has 21 heavy (non-hydrogen) atoms. The van der Waals surface area contributed by atoms with Crippen LogP contribution in [0.1, 0.15) is 25.5 Å². The van der Waals surface area contributed by atoms with Crippen LogP contribution in [0.2, 0.25) is 10.2 Å². The molecule has 0 aliphatic rings. The second kappa shape index (κ2) is 7.11. The fraction of sp³-hybridized carbons (Fsp3) is 0.214. The number of nitrogens with one attached hydrogen (secondary N) is 1. The van der Waals surface area contributed by atoms with E-state index in [1.807, 2.05) is 31.2 Å². The van der Waals surface area contributed by atoms with Crippen molar-refractivity contribution in [3.05, 3.63) is 46.1 Å². The van der Waals surface area contributed by atoms with E-state index in [9.17, 15) is 4.79 Å². The van der Waals surface area contributed by atoms with Crippen LogP contribution in [0.3, 0.4) is 0 Å². The van der Waals surface area contributed by atoms with Gasteiger partial charge in [-0.2, -0.15) is 0 Å². The van der Waals surface area contributed by atoms with Crippen molar-refractivity contribution in [3.8, 4) is 0 Å². The summed E-state index contributed by atoms with van der Waals surface area (Å²) in [5.74, 6) is 0.571. The van der Waals surface area contributed by atoms with E-state index in [-0.39, 0.29) is 11.2 Å². The Morgan fingerprint density at radius 3 is 2.52 bits per heavy atom. The zero-order valence-corrected chi connectivity index (χ0v) is 13.8. The zero-order valence-electron chi connectivity index (χ0n) is 11.4. The first-order valence-electron chi connectivity index (χ1n) is 6.19. The van der Waals surface area contributed by atoms with E-state index in [2.05, 4.69) is 15.3 Å². The van der Waals surface area contributed by atoms with Gasteiger partial charge in [0.2, 0.25) is 0 Å². The highest BCUT2D eigenvalue weighted by Gasteiger charge is 2.10. The normalized spacial score (nSPS) is 12.0. The van der Waals surface area contributed by atoms with Crippen molar-refractivity contribution < 1.29 is 4.79 Å². The molecule has 2 aromatic rings. The molecule has 0 saturated carbocycles. The Hall–Kier alpha value is -1.30. The predicted octanol–water partition coefficient (Wildman–Crippen LogP) is 4.60. The third-order valence-electron chi connectivity index (χ3n) is 2.64. The van der Waals surface area contributed by atoms with Crippen LogP contribution in [0.5, 0.6) is 0 Å². The van der Waals surface area contributed by atoms with Gasteiger partial charge in [0.15, 0.2) is 10.3 Å². The molecule has 0 radical (unpaired) electrons. The molecule has 1 aromatic heterocycles. The average Bonchev–Trinajstić information content (AvgIpc) is 2.37. The monoisotopic (exact) mass is 341 g/mol. The van der Waals surface area contributed by atoms with Gasteiger partial charge < -0.3 is 5.32 Å². The summed E-state index contributed by atoms with van der Waals surface area (Å²) in [5.41, 5.74) is 1.06. The molecule has 0 fully saturated rings. The van der Waals surface area contributed by atoms with Crippen LogP contribution < -0.4 is 5.32 Å². The van der Waals surface area contributed by atoms with Gasteiger partial charge in [0, 0.05) is 24.1 Å². The number of thioether (sulfide) groups is 1. The molecule has 0 bridgehead atoms. The van der Waals surface area contributed by atoms with E-state index >= 15 is 0 Å². The maximum absolute atomic E-state index is 11.1. The molecule has 1 aromatic carbocycles. The first kappa shape index (κ1) is 16.1. The van der Waals surface area contributed by atoms with Crippen LogP contribution in [-0.2, 0) is 4.79 Å². The lowest BCUT2D eigenvalue weighted by Gasteiger charge is -2.15. The fourth-order valence-corrected chi connectivity index (χ4v) is 2.61. The van der Waals surface area contributed by atoms with Crippen molar-refractivity contribution in [1.29, 1.82) is 0 Å². The van der Waals surface area contributed by atoms with Gasteiger partial charge in [-0.1, -0.05) is 35.3 Å². The van der Waals surface area contributed by atoms with Crippen LogP contribution in [-0.4, -0.2) is 15.1 Å². The molecular formula is C14H13Cl2N3OS. The van der Waals surface area contributed by atoms with E-state index in [1.165, 1.54) is 6.92 Å². The Morgan fingerprint density at radius 1 is 1.24 bits per heavy atom. The number of hydrogen-bond acceptors (Lipinski definition) is 5. The van der Waals surface area contributed by atoms with Crippen molar-refractivity contribution in [2.75, 3.05) is 5.32 Å². The molecule has 0 spiro atoms. The fourth-order valence-electron chi connectivity index (χ4n) is 1.70. The van der Waals surface area contributed by atoms with Gasteiger partial charge in [0.1, 0.15) is 11.0 Å². The summed E-state index contributed by atoms with van der Waals surface area (Å²) in [7, 11) is 0. The number of anilines is 1. The molecular weight excluding hydrogens is 329 g/mol. The van der Waals surface area contributed by atoms with E-state index in [1.54, 1.807) is 6.07 Å². The van der Waals surface area contributed by atoms with Crippen molar-refractivity contribution in [2.24, 2.45) is 0 Å². The largest absolute Gasteiger partial charge is 0.363 e. The van der Waals surface area contributed by atoms with Gasteiger partial charge in [-0.25, -0.2) is 9.97 Å². The number of aromatic nitrogens is 2. The Balaban J connectivity index is 2.16. The molecule has 1 unspecified atom stereocenters. The van der Waals surface area contributed by atoms with E-state index in [4.69, 9.17) is 23.2 Å². The van der Waals surface area contributed by atoms with Gasteiger partial charge in [0.05, 0.1) is 0 Å². The zero-order chi connectivity index (χ0) is 15.4. The van der Waals surface area contributed by atoms with Gasteiger partial charge >= 0.3 is 0 Å². The Bertz CT molecular complexity index is 649. The molecule has 0 aliphatic carbocycles. The Morgan fingerprint density at radius 2 is 1.90 bits per heavy atom. The third kappa shape index (κ3) is 4.88. The molecule has 0 amide bonds. The number of hydrogen-bond donors (Lipinski definition) is 1. The lowest BCUT2D eigenvalue weighted by Crippen LogP contribution is -2.08. The molecule has 7 heteroatoms. The van der Waals surface area contributed by atoms with Crippen molar-refractivity contribution >= 4 is 45.9 Å². The van der Waals surface area contributed by atoms with Crippen LogP contribution in [0, 0.1) is 0 Å². The summed E-state index contributed by atoms with van der Waals surface area (Å²) < 4.78 is 0. The summed E-state index contributed by atoms with van der Waals surface area (Å²) in [5, 5.41) is 4.46. The summed E-state index contributed by atoms with van der Waals surface area (Å²) in [6.45, 7) is 3.45. The third-order valence-corrected chi connectivity index (χ3v) is 3.74. The second-order valence-corrected chi connectivity index (χ2v) is 6.34. The molecule has 110 valence electrons. The average molecular weight is 342 g/mol. The Labute approximate surface area is 137 Å². The van der Waals surface area contributed by atoms with Gasteiger partial charge in [0.25, 0.3) is 0 Å². The highest BCUT2D eigenvalue weighted by molar-refractivity contribution is 8.13. The quantitative estimate of drug-likeness (QED) is 0.500. The van der Waals surface area contributed by atoms with Crippen LogP contribution in [0.4, 0.5) is 5.82 Å². The second-order valence-electron chi connectivity index (χ2n) is 4.37. The summed E-state index contributed by atoms with van der Waals surface area (Å²) in [4.78, 5) is 19.4. The van der Waals surface area contributed by atoms with E-state index in [0.29, 0.717) is 21.2 Å². The van der Waals surface area contributed by atoms with Gasteiger partial charge in [-0.05, 0) is 36.4 Å². The molecule has 1 N–H and O–H groups in total. The molecule has 4 nitrogen and oxygen atoms in total. The number of carbonyl (C=O) groups is 1. The first-order valence-corrected chi connectivity index (χ1v) is 7.76. The minimum absolute atomic E-state index is 0.0170. The first-order chi connectivity index (χ1) is 9.94. The maximum atomic E-state index is 11.1. The van der Waals surface area contributed by atoms with Crippen molar-refractivity contribution in [2.45, 2.75) is 25.0 Å². The molecule has 2 rings (SSSR count). The van der Waals surface area contributed by atoms with Crippen LogP contribution in [0.25, 0.3) is 0 Å². The minimum Gasteiger partial charge on any atom is -0.363 e. The minimum atomic E-state index is -0.0889. The van der Waals surface area contributed by atoms with Crippen LogP contribution >= 0.6 is 35.0 Å². The molecule has 1 heterocycles. The number of rotatable bonds is 4. The number of carbonyl (C=O) groups excluding carboxylic acids is 1. The van der Waals surface area contributed by atoms with E-state index < -0.39 is 0 Å². The maximum Gasteiger partial charge on any atom is 0.198 e. The lowest BCUT2D eigenvalue weighted by atomic mass is 10.1. The number of benzene rings is 1. The predicted molar refractivity (Wildman–Crippen MR) is 87.1 cm³/mol. The number of halogens is 2. The topological polar surface area (TPSA) is 54.9 Å². The lowest BCUT2D eigenvalue weighted by molar-refractivity contribution is -0.109. The van der Waals surface area contributed by atoms with Gasteiger partial charge in [-0.3, -0.25) is 4.79 Å². The SMILES string of the molecule is CC(=O)Sc1nc(Cl)cc(NC(C)c2ccc(Cl)cc2)n1. The van der Waals surface area contributed by atoms with Gasteiger partial charge in [-0.15, -0.1) is 0 Å². The highest BCUT2D eigenvalue weighted by Crippen LogP contribution is 2.24. The van der Waals surface area contributed by atoms with Crippen LogP contribution in [0.15, 0.2) is 35.5 Å². The molecule has 0 saturated heterocycles. The van der Waals surface area contributed by atoms with E-state index in [0.717, 1.165) is 17.3 Å². The summed E-state index contributed by atoms with van der Waals surface area (Å²) in [6, 6.07) is 9.18. The summed E-state index contributed by atoms with van der Waals surface area (Å²) in [6.07, 6.45) is 0. The van der Waals surface area contributed by atoms with Crippen molar-refractivity contribution in [3.63, 3.8) is 0 Å². The highest BCUT2D eigenvalue weighted by atomic mass is 35.5. The molecule has 0 aliphatic heterocycles. The number of nitrogens with zero attached hydrogens (tertiary/aromatic N) is 2. The Kier molecular flexibility index (Phi) is 5.45. The smallest absolute Gasteiger partial charge is 0.198 e. The summed E-state index contributed by atoms with van der Waals surface area (Å²) >= 11 is 12.8. The molecule has 1 atom stereocenters. The standard InChI is InChI=1S/C14H13Cl2N3OS/c1-8(10-3-5-11(15)6-4-10)17-13-7-12(16)18-14(19-13)21-9(2)20/h3-8H,1-2H3,(H,17,18,19). The van der Waals surface area contributed by atoms with Crippen molar-refractivity contribution in [1.82, 2.24) is 9.97 Å².